The first-order chi connectivity index (χ1) is 11.7. The van der Waals surface area contributed by atoms with Crippen LogP contribution in [0, 0.1) is 0 Å². The molecule has 0 aromatic heterocycles. The first-order valence-electron chi connectivity index (χ1n) is 8.16. The lowest BCUT2D eigenvalue weighted by atomic mass is 10.2. The van der Waals surface area contributed by atoms with Gasteiger partial charge in [-0.2, -0.15) is 0 Å². The molecule has 4 nitrogen and oxygen atoms in total. The monoisotopic (exact) mass is 325 g/mol. The van der Waals surface area contributed by atoms with Crippen LogP contribution >= 0.6 is 0 Å². The van der Waals surface area contributed by atoms with Crippen LogP contribution in [0.5, 0.6) is 11.5 Å². The zero-order valence-electron chi connectivity index (χ0n) is 14.1. The van der Waals surface area contributed by atoms with E-state index in [1.807, 2.05) is 62.4 Å². The lowest BCUT2D eigenvalue weighted by Gasteiger charge is -2.10. The van der Waals surface area contributed by atoms with Crippen molar-refractivity contribution in [3.63, 3.8) is 0 Å². The average Bonchev–Trinajstić information content (AvgIpc) is 2.61. The molecule has 0 saturated carbocycles. The van der Waals surface area contributed by atoms with Crippen molar-refractivity contribution < 1.29 is 14.3 Å². The molecule has 0 bridgehead atoms. The molecule has 0 fully saturated rings. The molecule has 2 aromatic carbocycles. The molecule has 0 saturated heterocycles. The van der Waals surface area contributed by atoms with E-state index in [1.165, 1.54) is 6.08 Å². The summed E-state index contributed by atoms with van der Waals surface area (Å²) >= 11 is 0. The molecular formula is C20H23NO3. The first-order valence-corrected chi connectivity index (χ1v) is 8.16. The largest absolute Gasteiger partial charge is 0.494 e. The van der Waals surface area contributed by atoms with Crippen LogP contribution in [0.4, 0.5) is 5.69 Å². The lowest BCUT2D eigenvalue weighted by molar-refractivity contribution is -0.111. The molecule has 0 aliphatic rings. The predicted octanol–water partition coefficient (Wildman–Crippen LogP) is 4.53. The third-order valence-electron chi connectivity index (χ3n) is 3.22. The van der Waals surface area contributed by atoms with Gasteiger partial charge in [0.1, 0.15) is 11.5 Å². The first kappa shape index (κ1) is 17.6. The standard InChI is InChI=1S/C20H23NO3/c1-3-15-24-19-8-6-5-7-18(19)21-20(22)14-11-16-9-12-17(13-10-16)23-4-2/h5-14H,3-4,15H2,1-2H3,(H,21,22)/b14-11+. The van der Waals surface area contributed by atoms with Crippen molar-refractivity contribution in [2.45, 2.75) is 20.3 Å². The molecule has 1 N–H and O–H groups in total. The van der Waals surface area contributed by atoms with E-state index in [2.05, 4.69) is 5.32 Å². The van der Waals surface area contributed by atoms with Crippen molar-refractivity contribution in [3.05, 3.63) is 60.2 Å². The summed E-state index contributed by atoms with van der Waals surface area (Å²) in [5.74, 6) is 1.31. The summed E-state index contributed by atoms with van der Waals surface area (Å²) in [5, 5.41) is 2.85. The fourth-order valence-electron chi connectivity index (χ4n) is 2.10. The van der Waals surface area contributed by atoms with Crippen molar-refractivity contribution >= 4 is 17.7 Å². The van der Waals surface area contributed by atoms with Gasteiger partial charge in [0.05, 0.1) is 18.9 Å². The molecule has 1 amide bonds. The molecule has 0 radical (unpaired) electrons. The van der Waals surface area contributed by atoms with Gasteiger partial charge < -0.3 is 14.8 Å². The molecule has 126 valence electrons. The Kier molecular flexibility index (Phi) is 6.90. The highest BCUT2D eigenvalue weighted by atomic mass is 16.5. The van der Waals surface area contributed by atoms with E-state index in [0.29, 0.717) is 24.7 Å². The predicted molar refractivity (Wildman–Crippen MR) is 97.5 cm³/mol. The number of hydrogen-bond acceptors (Lipinski definition) is 3. The highest BCUT2D eigenvalue weighted by molar-refractivity contribution is 6.02. The molecule has 0 atom stereocenters. The SMILES string of the molecule is CCCOc1ccccc1NC(=O)/C=C/c1ccc(OCC)cc1. The van der Waals surface area contributed by atoms with Gasteiger partial charge in [-0.15, -0.1) is 0 Å². The van der Waals surface area contributed by atoms with Crippen LogP contribution in [0.25, 0.3) is 6.08 Å². The van der Waals surface area contributed by atoms with Gasteiger partial charge in [0.15, 0.2) is 0 Å². The fourth-order valence-corrected chi connectivity index (χ4v) is 2.10. The van der Waals surface area contributed by atoms with Crippen LogP contribution in [0.1, 0.15) is 25.8 Å². The second-order valence-electron chi connectivity index (χ2n) is 5.17. The number of rotatable bonds is 8. The fraction of sp³-hybridized carbons (Fsp3) is 0.250. The van der Waals surface area contributed by atoms with Gasteiger partial charge in [-0.25, -0.2) is 0 Å². The Labute approximate surface area is 143 Å². The van der Waals surface area contributed by atoms with E-state index in [4.69, 9.17) is 9.47 Å². The van der Waals surface area contributed by atoms with Crippen molar-refractivity contribution in [2.75, 3.05) is 18.5 Å². The van der Waals surface area contributed by atoms with Crippen molar-refractivity contribution in [2.24, 2.45) is 0 Å². The summed E-state index contributed by atoms with van der Waals surface area (Å²) in [6.07, 6.45) is 4.19. The van der Waals surface area contributed by atoms with Gasteiger partial charge in [-0.05, 0) is 49.2 Å². The molecule has 2 rings (SSSR count). The van der Waals surface area contributed by atoms with E-state index in [-0.39, 0.29) is 5.91 Å². The molecule has 0 unspecified atom stereocenters. The van der Waals surface area contributed by atoms with E-state index in [9.17, 15) is 4.79 Å². The second kappa shape index (κ2) is 9.40. The second-order valence-corrected chi connectivity index (χ2v) is 5.17. The molecule has 0 spiro atoms. The van der Waals surface area contributed by atoms with Gasteiger partial charge >= 0.3 is 0 Å². The quantitative estimate of drug-likeness (QED) is 0.726. The Morgan fingerprint density at radius 3 is 2.50 bits per heavy atom. The zero-order valence-corrected chi connectivity index (χ0v) is 14.1. The van der Waals surface area contributed by atoms with E-state index in [0.717, 1.165) is 17.7 Å². The highest BCUT2D eigenvalue weighted by Crippen LogP contribution is 2.24. The minimum atomic E-state index is -0.198. The van der Waals surface area contributed by atoms with Crippen LogP contribution in [-0.2, 0) is 4.79 Å². The van der Waals surface area contributed by atoms with Crippen molar-refractivity contribution in [1.82, 2.24) is 0 Å². The summed E-state index contributed by atoms with van der Waals surface area (Å²) in [7, 11) is 0. The minimum Gasteiger partial charge on any atom is -0.494 e. The summed E-state index contributed by atoms with van der Waals surface area (Å²) < 4.78 is 11.0. The molecule has 2 aromatic rings. The van der Waals surface area contributed by atoms with Crippen LogP contribution in [0.3, 0.4) is 0 Å². The van der Waals surface area contributed by atoms with Gasteiger partial charge in [0, 0.05) is 6.08 Å². The lowest BCUT2D eigenvalue weighted by Crippen LogP contribution is -2.09. The number of carbonyl (C=O) groups excluding carboxylic acids is 1. The molecule has 0 aliphatic heterocycles. The van der Waals surface area contributed by atoms with E-state index >= 15 is 0 Å². The number of ether oxygens (including phenoxy) is 2. The van der Waals surface area contributed by atoms with Crippen molar-refractivity contribution in [3.8, 4) is 11.5 Å². The number of benzene rings is 2. The third kappa shape index (κ3) is 5.47. The Bertz CT molecular complexity index is 678. The van der Waals surface area contributed by atoms with Gasteiger partial charge in [0.2, 0.25) is 5.91 Å². The van der Waals surface area contributed by atoms with E-state index < -0.39 is 0 Å². The van der Waals surface area contributed by atoms with Crippen LogP contribution in [0.2, 0.25) is 0 Å². The number of nitrogens with one attached hydrogen (secondary N) is 1. The Balaban J connectivity index is 1.97. The molecular weight excluding hydrogens is 302 g/mol. The number of anilines is 1. The number of para-hydroxylation sites is 2. The van der Waals surface area contributed by atoms with Crippen LogP contribution < -0.4 is 14.8 Å². The zero-order chi connectivity index (χ0) is 17.2. The molecule has 24 heavy (non-hydrogen) atoms. The Morgan fingerprint density at radius 2 is 1.79 bits per heavy atom. The third-order valence-corrected chi connectivity index (χ3v) is 3.22. The molecule has 0 heterocycles. The summed E-state index contributed by atoms with van der Waals surface area (Å²) in [6, 6.07) is 15.0. The smallest absolute Gasteiger partial charge is 0.248 e. The number of carbonyl (C=O) groups is 1. The van der Waals surface area contributed by atoms with Gasteiger partial charge in [-0.3, -0.25) is 4.79 Å². The topological polar surface area (TPSA) is 47.6 Å². The number of amides is 1. The highest BCUT2D eigenvalue weighted by Gasteiger charge is 2.05. The Hall–Kier alpha value is -2.75. The van der Waals surface area contributed by atoms with Gasteiger partial charge in [0.25, 0.3) is 0 Å². The summed E-state index contributed by atoms with van der Waals surface area (Å²) in [4.78, 5) is 12.1. The van der Waals surface area contributed by atoms with E-state index in [1.54, 1.807) is 6.08 Å². The maximum atomic E-state index is 12.1. The number of hydrogen-bond donors (Lipinski definition) is 1. The Morgan fingerprint density at radius 1 is 1.04 bits per heavy atom. The normalized spacial score (nSPS) is 10.6. The van der Waals surface area contributed by atoms with Crippen molar-refractivity contribution in [1.29, 1.82) is 0 Å². The minimum absolute atomic E-state index is 0.198. The average molecular weight is 325 g/mol. The maximum absolute atomic E-state index is 12.1. The van der Waals surface area contributed by atoms with Gasteiger partial charge in [-0.1, -0.05) is 31.2 Å². The van der Waals surface area contributed by atoms with Crippen LogP contribution in [-0.4, -0.2) is 19.1 Å². The molecule has 0 aliphatic carbocycles. The summed E-state index contributed by atoms with van der Waals surface area (Å²) in [6.45, 7) is 5.24. The molecule has 4 heteroatoms. The maximum Gasteiger partial charge on any atom is 0.248 e. The summed E-state index contributed by atoms with van der Waals surface area (Å²) in [5.41, 5.74) is 1.61. The van der Waals surface area contributed by atoms with Crippen LogP contribution in [0.15, 0.2) is 54.6 Å².